The van der Waals surface area contributed by atoms with Gasteiger partial charge >= 0.3 is 0 Å². The molecule has 1 aromatic rings. The number of aryl methyl sites for hydroxylation is 2. The number of rotatable bonds is 6. The van der Waals surface area contributed by atoms with Crippen LogP contribution in [-0.2, 0) is 11.3 Å². The minimum absolute atomic E-state index is 0.0359. The maximum Gasteiger partial charge on any atom is 0.235 e. The first-order valence-corrected chi connectivity index (χ1v) is 8.88. The van der Waals surface area contributed by atoms with Gasteiger partial charge in [0.25, 0.3) is 0 Å². The highest BCUT2D eigenvalue weighted by Crippen LogP contribution is 2.39. The summed E-state index contributed by atoms with van der Waals surface area (Å²) in [4.78, 5) is 14.7. The second-order valence-corrected chi connectivity index (χ2v) is 7.51. The van der Waals surface area contributed by atoms with Crippen LogP contribution in [0.1, 0.15) is 44.0 Å². The molecule has 0 radical (unpaired) electrons. The summed E-state index contributed by atoms with van der Waals surface area (Å²) in [5.41, 5.74) is 1.49. The summed E-state index contributed by atoms with van der Waals surface area (Å²) >= 11 is 0. The van der Waals surface area contributed by atoms with Crippen LogP contribution >= 0.6 is 0 Å². The molecular formula is C18H27N5O. The van der Waals surface area contributed by atoms with Crippen LogP contribution in [0.25, 0.3) is 0 Å². The fraction of sp³-hybridized carbons (Fsp3) is 0.722. The zero-order chi connectivity index (χ0) is 17.3. The van der Waals surface area contributed by atoms with Gasteiger partial charge in [-0.3, -0.25) is 14.4 Å². The fourth-order valence-corrected chi connectivity index (χ4v) is 3.77. The molecular weight excluding hydrogens is 302 g/mol. The van der Waals surface area contributed by atoms with E-state index in [1.807, 2.05) is 18.5 Å². The van der Waals surface area contributed by atoms with E-state index in [1.165, 1.54) is 0 Å². The SMILES string of the molecule is Cc1cc(C)n(C[C@@H]2CCCN2CC(=O)N[C@](C)(C#N)C2CC2)n1. The highest BCUT2D eigenvalue weighted by atomic mass is 16.2. The van der Waals surface area contributed by atoms with Crippen molar-refractivity contribution in [1.82, 2.24) is 20.0 Å². The molecule has 0 aromatic carbocycles. The van der Waals surface area contributed by atoms with E-state index in [1.54, 1.807) is 0 Å². The Morgan fingerprint density at radius 2 is 2.21 bits per heavy atom. The molecule has 6 nitrogen and oxygen atoms in total. The van der Waals surface area contributed by atoms with Gasteiger partial charge in [0.05, 0.1) is 24.9 Å². The first-order valence-electron chi connectivity index (χ1n) is 8.88. The first-order chi connectivity index (χ1) is 11.4. The van der Waals surface area contributed by atoms with E-state index in [-0.39, 0.29) is 5.91 Å². The summed E-state index contributed by atoms with van der Waals surface area (Å²) in [5, 5.41) is 16.9. The Morgan fingerprint density at radius 3 is 2.79 bits per heavy atom. The zero-order valence-electron chi connectivity index (χ0n) is 14.9. The largest absolute Gasteiger partial charge is 0.337 e. The third-order valence-electron chi connectivity index (χ3n) is 5.36. The molecule has 1 aliphatic carbocycles. The monoisotopic (exact) mass is 329 g/mol. The average molecular weight is 329 g/mol. The van der Waals surface area contributed by atoms with Crippen LogP contribution in [0.4, 0.5) is 0 Å². The van der Waals surface area contributed by atoms with Crippen LogP contribution in [0, 0.1) is 31.1 Å². The lowest BCUT2D eigenvalue weighted by Gasteiger charge is -2.27. The van der Waals surface area contributed by atoms with Crippen LogP contribution < -0.4 is 5.32 Å². The van der Waals surface area contributed by atoms with Crippen LogP contribution in [0.5, 0.6) is 0 Å². The van der Waals surface area contributed by atoms with Gasteiger partial charge in [0.15, 0.2) is 0 Å². The Kier molecular flexibility index (Phi) is 4.64. The molecule has 0 unspecified atom stereocenters. The van der Waals surface area contributed by atoms with Gasteiger partial charge in [-0.2, -0.15) is 10.4 Å². The Labute approximate surface area is 143 Å². The molecule has 2 fully saturated rings. The highest BCUT2D eigenvalue weighted by molar-refractivity contribution is 5.79. The predicted octanol–water partition coefficient (Wildman–Crippen LogP) is 1.77. The summed E-state index contributed by atoms with van der Waals surface area (Å²) in [7, 11) is 0. The van der Waals surface area contributed by atoms with Gasteiger partial charge in [-0.05, 0) is 65.0 Å². The molecule has 130 valence electrons. The zero-order valence-corrected chi connectivity index (χ0v) is 14.9. The van der Waals surface area contributed by atoms with Crippen molar-refractivity contribution in [3.8, 4) is 6.07 Å². The van der Waals surface area contributed by atoms with Crippen LogP contribution in [-0.4, -0.2) is 45.3 Å². The molecule has 1 aromatic heterocycles. The lowest BCUT2D eigenvalue weighted by Crippen LogP contribution is -2.51. The molecule has 0 bridgehead atoms. The summed E-state index contributed by atoms with van der Waals surface area (Å²) < 4.78 is 2.04. The number of hydrogen-bond acceptors (Lipinski definition) is 4. The van der Waals surface area contributed by atoms with Crippen molar-refractivity contribution in [2.45, 2.75) is 64.6 Å². The van der Waals surface area contributed by atoms with Crippen molar-refractivity contribution in [3.63, 3.8) is 0 Å². The topological polar surface area (TPSA) is 74.0 Å². The quantitative estimate of drug-likeness (QED) is 0.863. The third-order valence-corrected chi connectivity index (χ3v) is 5.36. The number of nitriles is 1. The molecule has 2 heterocycles. The molecule has 1 saturated carbocycles. The smallest absolute Gasteiger partial charge is 0.235 e. The minimum Gasteiger partial charge on any atom is -0.337 e. The number of likely N-dealkylation sites (tertiary alicyclic amines) is 1. The van der Waals surface area contributed by atoms with Gasteiger partial charge in [-0.15, -0.1) is 0 Å². The summed E-state index contributed by atoms with van der Waals surface area (Å²) in [6, 6.07) is 4.71. The number of amides is 1. The Hall–Kier alpha value is -1.87. The molecule has 6 heteroatoms. The Balaban J connectivity index is 1.58. The molecule has 0 spiro atoms. The molecule has 1 saturated heterocycles. The van der Waals surface area contributed by atoms with E-state index < -0.39 is 5.54 Å². The molecule has 1 N–H and O–H groups in total. The third kappa shape index (κ3) is 3.62. The fourth-order valence-electron chi connectivity index (χ4n) is 3.77. The highest BCUT2D eigenvalue weighted by Gasteiger charge is 2.43. The van der Waals surface area contributed by atoms with E-state index in [2.05, 4.69) is 34.4 Å². The van der Waals surface area contributed by atoms with Gasteiger partial charge in [0.1, 0.15) is 5.54 Å². The van der Waals surface area contributed by atoms with Crippen LogP contribution in [0.15, 0.2) is 6.07 Å². The Bertz CT molecular complexity index is 657. The molecule has 2 aliphatic rings. The number of carbonyl (C=O) groups excluding carboxylic acids is 1. The molecule has 2 atom stereocenters. The molecule has 1 amide bonds. The molecule has 1 aliphatic heterocycles. The lowest BCUT2D eigenvalue weighted by molar-refractivity contribution is -0.124. The van der Waals surface area contributed by atoms with Crippen LogP contribution in [0.2, 0.25) is 0 Å². The van der Waals surface area contributed by atoms with Gasteiger partial charge in [0.2, 0.25) is 5.91 Å². The number of nitrogens with one attached hydrogen (secondary N) is 1. The van der Waals surface area contributed by atoms with Crippen molar-refractivity contribution < 1.29 is 4.79 Å². The van der Waals surface area contributed by atoms with Crippen molar-refractivity contribution in [2.75, 3.05) is 13.1 Å². The normalized spacial score (nSPS) is 23.7. The average Bonchev–Trinajstić information content (AvgIpc) is 3.23. The standard InChI is InChI=1S/C18H27N5O/c1-13-9-14(2)23(21-13)10-16-5-4-8-22(16)11-17(24)20-18(3,12-19)15-6-7-15/h9,15-16H,4-8,10-11H2,1-3H3,(H,20,24)/t16-,18+/m0/s1. The van der Waals surface area contributed by atoms with E-state index in [4.69, 9.17) is 0 Å². The van der Waals surface area contributed by atoms with E-state index in [0.717, 1.165) is 50.2 Å². The van der Waals surface area contributed by atoms with Gasteiger partial charge in [0, 0.05) is 11.7 Å². The number of nitrogens with zero attached hydrogens (tertiary/aromatic N) is 4. The van der Waals surface area contributed by atoms with Crippen LogP contribution in [0.3, 0.4) is 0 Å². The van der Waals surface area contributed by atoms with Crippen molar-refractivity contribution in [2.24, 2.45) is 5.92 Å². The van der Waals surface area contributed by atoms with E-state index in [9.17, 15) is 10.1 Å². The summed E-state index contributed by atoms with van der Waals surface area (Å²) in [5.74, 6) is 0.279. The second kappa shape index (κ2) is 6.56. The van der Waals surface area contributed by atoms with Gasteiger partial charge in [-0.25, -0.2) is 0 Å². The Morgan fingerprint density at radius 1 is 1.46 bits per heavy atom. The van der Waals surface area contributed by atoms with E-state index in [0.29, 0.717) is 18.5 Å². The summed E-state index contributed by atoms with van der Waals surface area (Å²) in [6.07, 6.45) is 4.27. The maximum atomic E-state index is 12.4. The van der Waals surface area contributed by atoms with Gasteiger partial charge in [-0.1, -0.05) is 0 Å². The van der Waals surface area contributed by atoms with Crippen molar-refractivity contribution in [3.05, 3.63) is 17.5 Å². The number of hydrogen-bond donors (Lipinski definition) is 1. The second-order valence-electron chi connectivity index (χ2n) is 7.51. The minimum atomic E-state index is -0.706. The summed E-state index contributed by atoms with van der Waals surface area (Å²) in [6.45, 7) is 8.05. The lowest BCUT2D eigenvalue weighted by atomic mass is 9.98. The van der Waals surface area contributed by atoms with E-state index >= 15 is 0 Å². The van der Waals surface area contributed by atoms with Gasteiger partial charge < -0.3 is 5.32 Å². The number of carbonyl (C=O) groups is 1. The molecule has 3 rings (SSSR count). The van der Waals surface area contributed by atoms with Crippen molar-refractivity contribution >= 4 is 5.91 Å². The predicted molar refractivity (Wildman–Crippen MR) is 91.2 cm³/mol. The van der Waals surface area contributed by atoms with Crippen molar-refractivity contribution in [1.29, 1.82) is 5.26 Å². The maximum absolute atomic E-state index is 12.4. The first kappa shape index (κ1) is 17.0. The molecule has 24 heavy (non-hydrogen) atoms. The number of aromatic nitrogens is 2.